The third-order valence-electron chi connectivity index (χ3n) is 3.81. The Balaban J connectivity index is 1.61. The number of ether oxygens (including phenoxy) is 2. The zero-order valence-electron chi connectivity index (χ0n) is 11.1. The monoisotopic (exact) mass is 242 g/mol. The van der Waals surface area contributed by atoms with E-state index in [4.69, 9.17) is 9.47 Å². The van der Waals surface area contributed by atoms with Gasteiger partial charge >= 0.3 is 0 Å². The molecule has 0 spiro atoms. The minimum atomic E-state index is 0.495. The zero-order valence-corrected chi connectivity index (χ0v) is 11.1. The molecule has 2 rings (SSSR count). The van der Waals surface area contributed by atoms with E-state index < -0.39 is 0 Å². The van der Waals surface area contributed by atoms with Gasteiger partial charge in [0.1, 0.15) is 0 Å². The molecule has 4 nitrogen and oxygen atoms in total. The molecule has 2 aliphatic rings. The fourth-order valence-corrected chi connectivity index (χ4v) is 2.66. The lowest BCUT2D eigenvalue weighted by molar-refractivity contribution is -0.0152. The van der Waals surface area contributed by atoms with Crippen molar-refractivity contribution >= 4 is 0 Å². The summed E-state index contributed by atoms with van der Waals surface area (Å²) in [7, 11) is 1.77. The molecule has 2 aliphatic heterocycles. The molecule has 0 unspecified atom stereocenters. The molecule has 0 bridgehead atoms. The lowest BCUT2D eigenvalue weighted by atomic mass is 10.1. The number of nitrogens with zero attached hydrogens (tertiary/aromatic N) is 2. The minimum Gasteiger partial charge on any atom is -0.383 e. The predicted molar refractivity (Wildman–Crippen MR) is 68.3 cm³/mol. The lowest BCUT2D eigenvalue weighted by Crippen LogP contribution is -2.49. The maximum Gasteiger partial charge on any atom is 0.0702 e. The van der Waals surface area contributed by atoms with E-state index >= 15 is 0 Å². The quantitative estimate of drug-likeness (QED) is 0.712. The first-order chi connectivity index (χ1) is 8.38. The van der Waals surface area contributed by atoms with Gasteiger partial charge in [-0.3, -0.25) is 9.80 Å². The summed E-state index contributed by atoms with van der Waals surface area (Å²) < 4.78 is 10.9. The van der Waals surface area contributed by atoms with Gasteiger partial charge in [0.2, 0.25) is 0 Å². The second-order valence-corrected chi connectivity index (χ2v) is 5.12. The normalized spacial score (nSPS) is 28.4. The maximum absolute atomic E-state index is 5.80. The van der Waals surface area contributed by atoms with Gasteiger partial charge in [-0.1, -0.05) is 0 Å². The Morgan fingerprint density at radius 2 is 1.88 bits per heavy atom. The first-order valence-electron chi connectivity index (χ1n) is 6.94. The molecule has 0 aromatic heterocycles. The molecule has 0 saturated carbocycles. The zero-order chi connectivity index (χ0) is 11.9. The van der Waals surface area contributed by atoms with E-state index in [-0.39, 0.29) is 0 Å². The Morgan fingerprint density at radius 3 is 2.53 bits per heavy atom. The van der Waals surface area contributed by atoms with Gasteiger partial charge in [0.15, 0.2) is 0 Å². The standard InChI is InChI=1S/C13H26N2O2/c1-16-11-9-14-5-7-15(8-6-14)12-13-4-2-3-10-17-13/h13H,2-12H2,1H3/t13-/m1/s1. The van der Waals surface area contributed by atoms with Gasteiger partial charge in [-0.2, -0.15) is 0 Å². The van der Waals surface area contributed by atoms with Crippen molar-refractivity contribution in [1.29, 1.82) is 0 Å². The molecule has 0 aromatic rings. The molecular formula is C13H26N2O2. The molecule has 2 heterocycles. The van der Waals surface area contributed by atoms with Gasteiger partial charge in [-0.05, 0) is 19.3 Å². The Morgan fingerprint density at radius 1 is 1.12 bits per heavy atom. The SMILES string of the molecule is COCCN1CCN(C[C@H]2CCCCO2)CC1. The Hall–Kier alpha value is -0.160. The van der Waals surface area contributed by atoms with Crippen LogP contribution in [-0.2, 0) is 9.47 Å². The van der Waals surface area contributed by atoms with Crippen LogP contribution in [-0.4, -0.2) is 75.5 Å². The second kappa shape index (κ2) is 7.31. The summed E-state index contributed by atoms with van der Waals surface area (Å²) in [5.41, 5.74) is 0. The van der Waals surface area contributed by atoms with Crippen LogP contribution >= 0.6 is 0 Å². The summed E-state index contributed by atoms with van der Waals surface area (Å²) in [5, 5.41) is 0. The van der Waals surface area contributed by atoms with Gasteiger partial charge in [-0.15, -0.1) is 0 Å². The van der Waals surface area contributed by atoms with Crippen molar-refractivity contribution < 1.29 is 9.47 Å². The molecule has 17 heavy (non-hydrogen) atoms. The van der Waals surface area contributed by atoms with Crippen LogP contribution in [0.1, 0.15) is 19.3 Å². The van der Waals surface area contributed by atoms with Crippen LogP contribution < -0.4 is 0 Å². The molecule has 2 fully saturated rings. The third-order valence-corrected chi connectivity index (χ3v) is 3.81. The van der Waals surface area contributed by atoms with Crippen molar-refractivity contribution in [2.24, 2.45) is 0 Å². The number of methoxy groups -OCH3 is 1. The molecule has 100 valence electrons. The summed E-state index contributed by atoms with van der Waals surface area (Å²) in [6, 6.07) is 0. The molecule has 1 atom stereocenters. The van der Waals surface area contributed by atoms with Crippen LogP contribution in [0.2, 0.25) is 0 Å². The van der Waals surface area contributed by atoms with E-state index in [9.17, 15) is 0 Å². The highest BCUT2D eigenvalue weighted by molar-refractivity contribution is 4.75. The average molecular weight is 242 g/mol. The Kier molecular flexibility index (Phi) is 5.71. The van der Waals surface area contributed by atoms with Gasteiger partial charge in [0, 0.05) is 53.0 Å². The highest BCUT2D eigenvalue weighted by atomic mass is 16.5. The number of rotatable bonds is 5. The maximum atomic E-state index is 5.80. The van der Waals surface area contributed by atoms with Crippen LogP contribution in [0.3, 0.4) is 0 Å². The molecule has 2 saturated heterocycles. The molecule has 0 N–H and O–H groups in total. The van der Waals surface area contributed by atoms with E-state index in [1.165, 1.54) is 45.4 Å². The van der Waals surface area contributed by atoms with Crippen LogP contribution in [0.25, 0.3) is 0 Å². The van der Waals surface area contributed by atoms with Crippen LogP contribution in [0.5, 0.6) is 0 Å². The summed E-state index contributed by atoms with van der Waals surface area (Å²) in [5.74, 6) is 0. The van der Waals surface area contributed by atoms with Crippen LogP contribution in [0.4, 0.5) is 0 Å². The van der Waals surface area contributed by atoms with E-state index in [0.717, 1.165) is 26.3 Å². The molecule has 4 heteroatoms. The second-order valence-electron chi connectivity index (χ2n) is 5.12. The average Bonchev–Trinajstić information content (AvgIpc) is 2.39. The molecule has 0 aliphatic carbocycles. The summed E-state index contributed by atoms with van der Waals surface area (Å²) in [6.07, 6.45) is 4.35. The van der Waals surface area contributed by atoms with Gasteiger partial charge in [0.05, 0.1) is 12.7 Å². The van der Waals surface area contributed by atoms with E-state index in [1.807, 2.05) is 0 Å². The van der Waals surface area contributed by atoms with Gasteiger partial charge in [-0.25, -0.2) is 0 Å². The number of hydrogen-bond acceptors (Lipinski definition) is 4. The Labute approximate surface area is 105 Å². The third kappa shape index (κ3) is 4.54. The van der Waals surface area contributed by atoms with Crippen molar-refractivity contribution in [3.8, 4) is 0 Å². The minimum absolute atomic E-state index is 0.495. The van der Waals surface area contributed by atoms with Crippen molar-refractivity contribution in [2.75, 3.05) is 59.6 Å². The highest BCUT2D eigenvalue weighted by Crippen LogP contribution is 2.14. The first kappa shape index (κ1) is 13.3. The number of hydrogen-bond donors (Lipinski definition) is 0. The largest absolute Gasteiger partial charge is 0.383 e. The van der Waals surface area contributed by atoms with Crippen molar-refractivity contribution in [2.45, 2.75) is 25.4 Å². The van der Waals surface area contributed by atoms with Gasteiger partial charge in [0.25, 0.3) is 0 Å². The van der Waals surface area contributed by atoms with Crippen molar-refractivity contribution in [3.05, 3.63) is 0 Å². The fourth-order valence-electron chi connectivity index (χ4n) is 2.66. The van der Waals surface area contributed by atoms with Crippen LogP contribution in [0, 0.1) is 0 Å². The Bertz CT molecular complexity index is 200. The first-order valence-corrected chi connectivity index (χ1v) is 6.94. The topological polar surface area (TPSA) is 24.9 Å². The van der Waals surface area contributed by atoms with Gasteiger partial charge < -0.3 is 9.47 Å². The number of piperazine rings is 1. The molecule has 0 amide bonds. The summed E-state index contributed by atoms with van der Waals surface area (Å²) >= 11 is 0. The fraction of sp³-hybridized carbons (Fsp3) is 1.00. The van der Waals surface area contributed by atoms with Crippen LogP contribution in [0.15, 0.2) is 0 Å². The van der Waals surface area contributed by atoms with E-state index in [0.29, 0.717) is 6.10 Å². The molecular weight excluding hydrogens is 216 g/mol. The predicted octanol–water partition coefficient (Wildman–Crippen LogP) is 0.819. The molecule has 0 radical (unpaired) electrons. The van der Waals surface area contributed by atoms with Crippen molar-refractivity contribution in [3.63, 3.8) is 0 Å². The highest BCUT2D eigenvalue weighted by Gasteiger charge is 2.21. The molecule has 0 aromatic carbocycles. The smallest absolute Gasteiger partial charge is 0.0702 e. The summed E-state index contributed by atoms with van der Waals surface area (Å²) in [6.45, 7) is 8.76. The lowest BCUT2D eigenvalue weighted by Gasteiger charge is -2.37. The summed E-state index contributed by atoms with van der Waals surface area (Å²) in [4.78, 5) is 5.04. The van der Waals surface area contributed by atoms with E-state index in [2.05, 4.69) is 9.80 Å². The van der Waals surface area contributed by atoms with Crippen molar-refractivity contribution in [1.82, 2.24) is 9.80 Å². The van der Waals surface area contributed by atoms with E-state index in [1.54, 1.807) is 7.11 Å².